The van der Waals surface area contributed by atoms with E-state index in [0.717, 1.165) is 5.57 Å². The van der Waals surface area contributed by atoms with Crippen LogP contribution in [0, 0.1) is 50.2 Å². The molecule has 4 heterocycles. The Morgan fingerprint density at radius 3 is 1.75 bits per heavy atom. The van der Waals surface area contributed by atoms with E-state index in [1.807, 2.05) is 20.8 Å². The number of allylic oxidation sites excluding steroid dienone is 1. The maximum atomic E-state index is 13.1. The minimum absolute atomic E-state index is 0.0887. The second kappa shape index (κ2) is 22.0. The van der Waals surface area contributed by atoms with Gasteiger partial charge in [-0.3, -0.25) is 0 Å². The number of carboxylic acids is 1. The van der Waals surface area contributed by atoms with E-state index in [4.69, 9.17) is 37.9 Å². The summed E-state index contributed by atoms with van der Waals surface area (Å²) in [6.45, 7) is 13.6. The number of ether oxygens (including phenoxy) is 8. The van der Waals surface area contributed by atoms with Gasteiger partial charge in [-0.1, -0.05) is 60.1 Å². The summed E-state index contributed by atoms with van der Waals surface area (Å²) in [6.07, 6.45) is -36.8. The molecule has 4 aliphatic heterocycles. The van der Waals surface area contributed by atoms with Crippen molar-refractivity contribution in [2.75, 3.05) is 19.8 Å². The summed E-state index contributed by atoms with van der Waals surface area (Å²) in [5.74, 6) is -2.37. The van der Waals surface area contributed by atoms with E-state index in [-0.39, 0.29) is 17.3 Å². The fourth-order valence-corrected chi connectivity index (χ4v) is 16.9. The molecule has 4 saturated carbocycles. The van der Waals surface area contributed by atoms with Crippen molar-refractivity contribution >= 4 is 5.97 Å². The molecule has 0 aromatic carbocycles. The number of aliphatic hydroxyl groups is 15. The van der Waals surface area contributed by atoms with Gasteiger partial charge in [-0.2, -0.15) is 0 Å². The number of aliphatic hydroxyl groups excluding tert-OH is 15. The number of fused-ring (bicyclic) bond motifs is 7. The molecule has 9 rings (SSSR count). The van der Waals surface area contributed by atoms with Crippen LogP contribution >= 0.6 is 0 Å². The van der Waals surface area contributed by atoms with Crippen molar-refractivity contribution in [1.29, 1.82) is 0 Å². The van der Waals surface area contributed by atoms with E-state index in [0.29, 0.717) is 44.9 Å². The third-order valence-corrected chi connectivity index (χ3v) is 21.6. The van der Waals surface area contributed by atoms with E-state index >= 15 is 0 Å². The molecule has 0 spiro atoms. The van der Waals surface area contributed by atoms with Gasteiger partial charge < -0.3 is 120 Å². The zero-order valence-corrected chi connectivity index (χ0v) is 46.1. The average molecular weight is 1140 g/mol. The van der Waals surface area contributed by atoms with Crippen molar-refractivity contribution in [2.24, 2.45) is 50.2 Å². The molecule has 8 fully saturated rings. The molecule has 31 atom stereocenters. The Kier molecular flexibility index (Phi) is 17.2. The van der Waals surface area contributed by atoms with Crippen LogP contribution in [0.1, 0.15) is 100 Å². The molecule has 25 heteroatoms. The fraction of sp³-hybridized carbons (Fsp3) is 0.944. The largest absolute Gasteiger partial charge is 0.479 e. The van der Waals surface area contributed by atoms with Crippen LogP contribution in [0.3, 0.4) is 0 Å². The molecule has 25 nitrogen and oxygen atoms in total. The highest BCUT2D eigenvalue weighted by molar-refractivity contribution is 5.73. The molecule has 0 amide bonds. The molecule has 4 saturated heterocycles. The lowest BCUT2D eigenvalue weighted by Crippen LogP contribution is -2.74. The van der Waals surface area contributed by atoms with Crippen molar-refractivity contribution < 1.29 is 124 Å². The van der Waals surface area contributed by atoms with Crippen LogP contribution in [-0.4, -0.2) is 255 Å². The normalized spacial score (nSPS) is 55.3. The highest BCUT2D eigenvalue weighted by Gasteiger charge is 2.74. The number of hydrogen-bond donors (Lipinski definition) is 16. The molecule has 0 bridgehead atoms. The van der Waals surface area contributed by atoms with Gasteiger partial charge in [-0.25, -0.2) is 4.79 Å². The second-order valence-electron chi connectivity index (χ2n) is 26.6. The third-order valence-electron chi connectivity index (χ3n) is 21.6. The molecule has 16 N–H and O–H groups in total. The summed E-state index contributed by atoms with van der Waals surface area (Å²) in [5, 5.41) is 178. The van der Waals surface area contributed by atoms with Gasteiger partial charge in [0, 0.05) is 5.41 Å². The Labute approximate surface area is 458 Å². The summed E-state index contributed by atoms with van der Waals surface area (Å²) in [7, 11) is 0. The van der Waals surface area contributed by atoms with Gasteiger partial charge in [0.15, 0.2) is 31.3 Å². The van der Waals surface area contributed by atoms with Crippen LogP contribution in [0.15, 0.2) is 11.6 Å². The third kappa shape index (κ3) is 9.61. The molecule has 0 aromatic rings. The Morgan fingerprint density at radius 2 is 1.14 bits per heavy atom. The SMILES string of the molecule is CC1OC(OC2C(OC3C(O)C(C(=O)O)OC(OC4CCC5(C)C(CCC6(C)C5CC=C5C7CC(C)(C)CC(O)C7(CO)C(O)C(O)C56C)C4(C)C)C3OC3OC(CO)C(O)C(O)C3O)OC(CO)C(O)C2O)C(O)C(O)C1O. The Morgan fingerprint density at radius 1 is 0.582 bits per heavy atom. The molecule has 9 aliphatic rings. The fourth-order valence-electron chi connectivity index (χ4n) is 16.9. The van der Waals surface area contributed by atoms with Crippen molar-refractivity contribution in [3.05, 3.63) is 11.6 Å². The predicted molar refractivity (Wildman–Crippen MR) is 266 cm³/mol. The summed E-state index contributed by atoms with van der Waals surface area (Å²) in [5.41, 5.74) is -3.63. The highest BCUT2D eigenvalue weighted by Crippen LogP contribution is 2.76. The molecule has 454 valence electrons. The number of hydrogen-bond acceptors (Lipinski definition) is 24. The van der Waals surface area contributed by atoms with Crippen LogP contribution in [0.25, 0.3) is 0 Å². The van der Waals surface area contributed by atoms with Crippen LogP contribution in [0.4, 0.5) is 0 Å². The molecule has 0 aromatic heterocycles. The maximum absolute atomic E-state index is 13.1. The van der Waals surface area contributed by atoms with Crippen molar-refractivity contribution in [2.45, 2.75) is 248 Å². The van der Waals surface area contributed by atoms with Crippen LogP contribution in [0.2, 0.25) is 0 Å². The zero-order chi connectivity index (χ0) is 58.2. The lowest BCUT2D eigenvalue weighted by atomic mass is 9.32. The van der Waals surface area contributed by atoms with Gasteiger partial charge in [0.2, 0.25) is 0 Å². The van der Waals surface area contributed by atoms with Crippen LogP contribution in [0.5, 0.6) is 0 Å². The first kappa shape index (κ1) is 61.8. The molecular weight excluding hydrogens is 1050 g/mol. The minimum atomic E-state index is -2.27. The summed E-state index contributed by atoms with van der Waals surface area (Å²) < 4.78 is 48.9. The number of carboxylic acid groups (broad SMARTS) is 1. The van der Waals surface area contributed by atoms with Gasteiger partial charge >= 0.3 is 5.97 Å². The smallest absolute Gasteiger partial charge is 0.335 e. The van der Waals surface area contributed by atoms with Gasteiger partial charge in [0.1, 0.15) is 85.5 Å². The standard InChI is InChI=1S/C54H88O25/c1-20-29(59)32(62)35(65)45(72-20)78-40-34(64)31(61)24(18-56)74-47(40)76-38-37(67)39(44(70)71)77-48(41(38)79-46-36(66)33(63)30(60)23(17-55)73-46)75-28-12-13-51(6)25(50(28,4)5)11-14-52(7)26(51)10-9-21-22-15-49(2,3)16-27(58)54(22,19-57)43(69)42(68)53(21,52)8/h9,20,22-43,45-48,55-69H,10-19H2,1-8H3,(H,70,71). The minimum Gasteiger partial charge on any atom is -0.479 e. The van der Waals surface area contributed by atoms with Gasteiger partial charge in [-0.15, -0.1) is 0 Å². The predicted octanol–water partition coefficient (Wildman–Crippen LogP) is -3.53. The Balaban J connectivity index is 1.06. The van der Waals surface area contributed by atoms with E-state index < -0.39 is 206 Å². The molecule has 31 unspecified atom stereocenters. The average Bonchev–Trinajstić information content (AvgIpc) is 3.12. The maximum Gasteiger partial charge on any atom is 0.335 e. The highest BCUT2D eigenvalue weighted by atomic mass is 16.8. The van der Waals surface area contributed by atoms with E-state index in [9.17, 15) is 86.5 Å². The van der Waals surface area contributed by atoms with Crippen molar-refractivity contribution in [3.63, 3.8) is 0 Å². The molecular formula is C54H88O25. The first-order valence-electron chi connectivity index (χ1n) is 28.0. The monoisotopic (exact) mass is 1140 g/mol. The van der Waals surface area contributed by atoms with Crippen molar-refractivity contribution in [1.82, 2.24) is 0 Å². The first-order chi connectivity index (χ1) is 36.8. The summed E-state index contributed by atoms with van der Waals surface area (Å²) in [6, 6.07) is 0. The first-order valence-corrected chi connectivity index (χ1v) is 28.0. The molecule has 5 aliphatic carbocycles. The molecule has 79 heavy (non-hydrogen) atoms. The topological polar surface area (TPSA) is 415 Å². The zero-order valence-electron chi connectivity index (χ0n) is 46.1. The Bertz CT molecular complexity index is 2200. The Hall–Kier alpha value is -1.71. The van der Waals surface area contributed by atoms with Crippen LogP contribution in [-0.2, 0) is 42.7 Å². The number of carbonyl (C=O) groups is 1. The quantitative estimate of drug-likeness (QED) is 0.0665. The molecule has 0 radical (unpaired) electrons. The van der Waals surface area contributed by atoms with Gasteiger partial charge in [0.05, 0.1) is 55.8 Å². The van der Waals surface area contributed by atoms with Gasteiger partial charge in [0.25, 0.3) is 0 Å². The van der Waals surface area contributed by atoms with E-state index in [2.05, 4.69) is 33.8 Å². The second-order valence-corrected chi connectivity index (χ2v) is 26.6. The number of aliphatic carboxylic acids is 1. The lowest BCUT2D eigenvalue weighted by molar-refractivity contribution is -0.406. The van der Waals surface area contributed by atoms with E-state index in [1.54, 1.807) is 0 Å². The number of rotatable bonds is 12. The van der Waals surface area contributed by atoms with E-state index in [1.165, 1.54) is 6.92 Å². The lowest BCUT2D eigenvalue weighted by Gasteiger charge is -2.73. The van der Waals surface area contributed by atoms with Gasteiger partial charge in [-0.05, 0) is 91.3 Å². The van der Waals surface area contributed by atoms with Crippen molar-refractivity contribution in [3.8, 4) is 0 Å². The van der Waals surface area contributed by atoms with Crippen LogP contribution < -0.4 is 0 Å². The summed E-state index contributed by atoms with van der Waals surface area (Å²) in [4.78, 5) is 13.1. The summed E-state index contributed by atoms with van der Waals surface area (Å²) >= 11 is 0.